The van der Waals surface area contributed by atoms with E-state index in [4.69, 9.17) is 19.4 Å². The molecule has 118 valence electrons. The maximum Gasteiger partial charge on any atom is 0.115 e. The standard InChI is InChI=1S/C22H15BClN/c1-13-16-9-5-6-10-17(16)20(14-7-3-2-4-8-14)21-19(13)15(12-25)11-18(23)22(21)24/h2-11,13,20H,1H3. The van der Waals surface area contributed by atoms with E-state index in [1.54, 1.807) is 6.07 Å². The largest absolute Gasteiger partial charge is 0.192 e. The second kappa shape index (κ2) is 6.10. The lowest BCUT2D eigenvalue weighted by molar-refractivity contribution is 0.793. The first-order chi connectivity index (χ1) is 12.1. The van der Waals surface area contributed by atoms with Crippen LogP contribution in [0.1, 0.15) is 52.1 Å². The highest BCUT2D eigenvalue weighted by Crippen LogP contribution is 2.49. The number of hydrogen-bond acceptors (Lipinski definition) is 1. The Hall–Kier alpha value is -2.50. The van der Waals surface area contributed by atoms with E-state index >= 15 is 0 Å². The molecule has 3 aromatic rings. The zero-order chi connectivity index (χ0) is 17.6. The van der Waals surface area contributed by atoms with Gasteiger partial charge in [-0.05, 0) is 33.9 Å². The fraction of sp³-hybridized carbons (Fsp3) is 0.136. The number of hydrogen-bond donors (Lipinski definition) is 0. The molecule has 0 aliphatic heterocycles. The van der Waals surface area contributed by atoms with Gasteiger partial charge in [0.25, 0.3) is 0 Å². The Labute approximate surface area is 154 Å². The summed E-state index contributed by atoms with van der Waals surface area (Å²) in [5, 5.41) is 10.2. The zero-order valence-corrected chi connectivity index (χ0v) is 14.6. The highest BCUT2D eigenvalue weighted by Gasteiger charge is 2.34. The van der Waals surface area contributed by atoms with Crippen LogP contribution in [0.5, 0.6) is 0 Å². The molecule has 1 aliphatic rings. The van der Waals surface area contributed by atoms with Gasteiger partial charge in [-0.1, -0.05) is 78.6 Å². The molecule has 0 saturated carbocycles. The van der Waals surface area contributed by atoms with Gasteiger partial charge >= 0.3 is 0 Å². The van der Waals surface area contributed by atoms with Crippen LogP contribution in [0.2, 0.25) is 5.02 Å². The number of benzene rings is 3. The van der Waals surface area contributed by atoms with Crippen LogP contribution in [-0.2, 0) is 0 Å². The van der Waals surface area contributed by atoms with Gasteiger partial charge < -0.3 is 0 Å². The molecule has 3 heteroatoms. The van der Waals surface area contributed by atoms with Gasteiger partial charge in [0.05, 0.1) is 11.6 Å². The van der Waals surface area contributed by atoms with Crippen LogP contribution >= 0.6 is 11.6 Å². The quantitative estimate of drug-likeness (QED) is 0.592. The van der Waals surface area contributed by atoms with Crippen molar-refractivity contribution in [3.8, 4) is 6.07 Å². The molecule has 25 heavy (non-hydrogen) atoms. The van der Waals surface area contributed by atoms with E-state index in [0.717, 1.165) is 16.7 Å². The van der Waals surface area contributed by atoms with Crippen molar-refractivity contribution in [3.63, 3.8) is 0 Å². The fourth-order valence-corrected chi connectivity index (χ4v) is 4.29. The zero-order valence-electron chi connectivity index (χ0n) is 13.8. The Kier molecular flexibility index (Phi) is 3.90. The molecule has 2 unspecified atom stereocenters. The van der Waals surface area contributed by atoms with Gasteiger partial charge in [0, 0.05) is 16.9 Å². The molecule has 0 heterocycles. The van der Waals surface area contributed by atoms with Crippen LogP contribution in [0.25, 0.3) is 0 Å². The molecule has 3 aromatic carbocycles. The Bertz CT molecular complexity index is 1000. The summed E-state index contributed by atoms with van der Waals surface area (Å²) in [5.74, 6) is 0.0746. The molecular weight excluding hydrogens is 325 g/mol. The molecule has 0 saturated heterocycles. The van der Waals surface area contributed by atoms with Crippen molar-refractivity contribution in [2.75, 3.05) is 0 Å². The van der Waals surface area contributed by atoms with Gasteiger partial charge in [-0.3, -0.25) is 0 Å². The lowest BCUT2D eigenvalue weighted by Gasteiger charge is -2.35. The van der Waals surface area contributed by atoms with Crippen LogP contribution in [0.4, 0.5) is 0 Å². The molecule has 0 fully saturated rings. The highest BCUT2D eigenvalue weighted by molar-refractivity contribution is 6.45. The van der Waals surface area contributed by atoms with E-state index in [9.17, 15) is 5.26 Å². The first kappa shape index (κ1) is 16.0. The Morgan fingerprint density at radius 1 is 0.960 bits per heavy atom. The van der Waals surface area contributed by atoms with Crippen LogP contribution in [0.3, 0.4) is 0 Å². The number of rotatable bonds is 1. The Morgan fingerprint density at radius 3 is 2.28 bits per heavy atom. The third-order valence-electron chi connectivity index (χ3n) is 5.12. The van der Waals surface area contributed by atoms with Crippen LogP contribution in [0.15, 0.2) is 60.7 Å². The normalized spacial score (nSPS) is 18.1. The molecule has 2 radical (unpaired) electrons. The van der Waals surface area contributed by atoms with E-state index < -0.39 is 0 Å². The predicted octanol–water partition coefficient (Wildman–Crippen LogP) is 4.65. The van der Waals surface area contributed by atoms with Crippen molar-refractivity contribution in [3.05, 3.63) is 99.1 Å². The minimum Gasteiger partial charge on any atom is -0.192 e. The summed E-state index contributed by atoms with van der Waals surface area (Å²) in [6.07, 6.45) is 0. The number of halogens is 1. The van der Waals surface area contributed by atoms with Gasteiger partial charge in [-0.2, -0.15) is 5.26 Å². The Balaban J connectivity index is 2.13. The van der Waals surface area contributed by atoms with Crippen LogP contribution in [-0.4, -0.2) is 7.85 Å². The van der Waals surface area contributed by atoms with E-state index in [1.807, 2.05) is 24.3 Å². The topological polar surface area (TPSA) is 23.8 Å². The average molecular weight is 340 g/mol. The molecule has 0 N–H and O–H groups in total. The first-order valence-corrected chi connectivity index (χ1v) is 8.67. The summed E-state index contributed by atoms with van der Waals surface area (Å²) < 4.78 is 0. The average Bonchev–Trinajstić information content (AvgIpc) is 2.65. The highest BCUT2D eigenvalue weighted by atomic mass is 35.5. The summed E-state index contributed by atoms with van der Waals surface area (Å²) in [4.78, 5) is 0. The van der Waals surface area contributed by atoms with Gasteiger partial charge in [-0.25, -0.2) is 0 Å². The first-order valence-electron chi connectivity index (χ1n) is 8.29. The van der Waals surface area contributed by atoms with Crippen molar-refractivity contribution in [2.45, 2.75) is 18.8 Å². The number of nitriles is 1. The summed E-state index contributed by atoms with van der Waals surface area (Å²) in [7, 11) is 6.14. The minimum absolute atomic E-state index is 0.0216. The predicted molar refractivity (Wildman–Crippen MR) is 103 cm³/mol. The van der Waals surface area contributed by atoms with E-state index in [-0.39, 0.29) is 11.8 Å². The van der Waals surface area contributed by atoms with Gasteiger partial charge in [-0.15, -0.1) is 0 Å². The lowest BCUT2D eigenvalue weighted by Crippen LogP contribution is -2.23. The van der Waals surface area contributed by atoms with Crippen molar-refractivity contribution in [2.24, 2.45) is 0 Å². The summed E-state index contributed by atoms with van der Waals surface area (Å²) in [6, 6.07) is 22.7. The van der Waals surface area contributed by atoms with E-state index in [2.05, 4.69) is 43.3 Å². The molecule has 1 aliphatic carbocycles. The number of nitrogens with zero attached hydrogens (tertiary/aromatic N) is 1. The monoisotopic (exact) mass is 339 g/mol. The minimum atomic E-state index is -0.0216. The van der Waals surface area contributed by atoms with Gasteiger partial charge in [0.15, 0.2) is 0 Å². The summed E-state index contributed by atoms with van der Waals surface area (Å²) in [5.41, 5.74) is 6.65. The molecule has 4 rings (SSSR count). The second-order valence-corrected chi connectivity index (χ2v) is 6.84. The van der Waals surface area contributed by atoms with Crippen LogP contribution < -0.4 is 5.46 Å². The Morgan fingerprint density at radius 2 is 1.60 bits per heavy atom. The van der Waals surface area contributed by atoms with Gasteiger partial charge in [0.2, 0.25) is 0 Å². The van der Waals surface area contributed by atoms with E-state index in [1.165, 1.54) is 11.1 Å². The van der Waals surface area contributed by atoms with Crippen molar-refractivity contribution in [1.29, 1.82) is 5.26 Å². The molecule has 0 amide bonds. The van der Waals surface area contributed by atoms with Crippen molar-refractivity contribution < 1.29 is 0 Å². The summed E-state index contributed by atoms with van der Waals surface area (Å²) in [6.45, 7) is 2.13. The smallest absolute Gasteiger partial charge is 0.115 e. The van der Waals surface area contributed by atoms with E-state index in [0.29, 0.717) is 16.0 Å². The van der Waals surface area contributed by atoms with Crippen LogP contribution in [0, 0.1) is 11.3 Å². The molecule has 2 atom stereocenters. The fourth-order valence-electron chi connectivity index (χ4n) is 4.03. The third kappa shape index (κ3) is 2.39. The molecule has 0 bridgehead atoms. The third-order valence-corrected chi connectivity index (χ3v) is 5.54. The second-order valence-electron chi connectivity index (χ2n) is 6.46. The molecular formula is C22H15BClN. The summed E-state index contributed by atoms with van der Waals surface area (Å²) >= 11 is 6.68. The molecule has 1 nitrogen and oxygen atoms in total. The maximum atomic E-state index is 9.68. The maximum absolute atomic E-state index is 9.68. The molecule has 0 spiro atoms. The van der Waals surface area contributed by atoms with Crippen molar-refractivity contribution in [1.82, 2.24) is 0 Å². The SMILES string of the molecule is [B]c1cc(C#N)c2c(c1Cl)C(c1ccccc1)c1ccccc1C2C. The van der Waals surface area contributed by atoms with Crippen molar-refractivity contribution >= 4 is 24.9 Å². The number of fused-ring (bicyclic) bond motifs is 2. The van der Waals surface area contributed by atoms with Gasteiger partial charge in [0.1, 0.15) is 7.85 Å². The molecule has 0 aromatic heterocycles. The lowest BCUT2D eigenvalue weighted by atomic mass is 9.68.